The number of carbonyl (C=O) groups excluding carboxylic acids is 1. The largest absolute Gasteiger partial charge is 0.452 e. The van der Waals surface area contributed by atoms with Crippen molar-refractivity contribution in [3.05, 3.63) is 77.2 Å². The zero-order valence-corrected chi connectivity index (χ0v) is 12.7. The van der Waals surface area contributed by atoms with Gasteiger partial charge in [-0.05, 0) is 11.1 Å². The monoisotopic (exact) mass is 317 g/mol. The zero-order valence-electron chi connectivity index (χ0n) is 11.9. The molecule has 2 aromatic carbocycles. The van der Waals surface area contributed by atoms with Crippen molar-refractivity contribution in [3.63, 3.8) is 0 Å². The fourth-order valence-electron chi connectivity index (χ4n) is 1.88. The van der Waals surface area contributed by atoms with Crippen LogP contribution in [0.1, 0.15) is 11.1 Å². The molecular formula is C16H15NO4S. The molecule has 0 saturated carbocycles. The molecule has 1 amide bonds. The quantitative estimate of drug-likeness (QED) is 0.941. The van der Waals surface area contributed by atoms with E-state index in [1.54, 1.807) is 24.3 Å². The Morgan fingerprint density at radius 1 is 0.955 bits per heavy atom. The molecule has 2 aromatic rings. The van der Waals surface area contributed by atoms with E-state index in [4.69, 9.17) is 0 Å². The van der Waals surface area contributed by atoms with E-state index in [1.165, 1.54) is 0 Å². The highest BCUT2D eigenvalue weighted by molar-refractivity contribution is 7.93. The molecule has 0 radical (unpaired) electrons. The van der Waals surface area contributed by atoms with Crippen LogP contribution in [0.2, 0.25) is 0 Å². The summed E-state index contributed by atoms with van der Waals surface area (Å²) in [4.78, 5) is 11.1. The summed E-state index contributed by atoms with van der Waals surface area (Å²) in [6, 6.07) is 18.1. The molecular weight excluding hydrogens is 302 g/mol. The highest BCUT2D eigenvalue weighted by atomic mass is 32.2. The minimum atomic E-state index is -3.98. The Balaban J connectivity index is 2.50. The average molecular weight is 317 g/mol. The molecule has 0 atom stereocenters. The van der Waals surface area contributed by atoms with Crippen molar-refractivity contribution in [2.24, 2.45) is 0 Å². The molecule has 0 aromatic heterocycles. The molecule has 6 heteroatoms. The number of sulfonamides is 1. The molecule has 114 valence electrons. The Labute approximate surface area is 129 Å². The van der Waals surface area contributed by atoms with Crippen molar-refractivity contribution in [1.29, 1.82) is 0 Å². The first-order chi connectivity index (χ1) is 10.5. The number of hydrogen-bond donors (Lipinski definition) is 1. The zero-order chi connectivity index (χ0) is 16.0. The van der Waals surface area contributed by atoms with Gasteiger partial charge < -0.3 is 4.74 Å². The number of amides is 1. The summed E-state index contributed by atoms with van der Waals surface area (Å²) in [5.74, 6) is 0. The number of ether oxygens (including phenoxy) is 1. The van der Waals surface area contributed by atoms with E-state index >= 15 is 0 Å². The molecule has 0 spiro atoms. The maximum atomic E-state index is 12.1. The van der Waals surface area contributed by atoms with E-state index in [1.807, 2.05) is 41.1 Å². The van der Waals surface area contributed by atoms with Crippen LogP contribution in [0.25, 0.3) is 5.57 Å². The van der Waals surface area contributed by atoms with Gasteiger partial charge in [-0.1, -0.05) is 60.7 Å². The van der Waals surface area contributed by atoms with Crippen molar-refractivity contribution < 1.29 is 17.9 Å². The third kappa shape index (κ3) is 4.20. The third-order valence-electron chi connectivity index (χ3n) is 2.85. The first-order valence-electron chi connectivity index (χ1n) is 6.45. The van der Waals surface area contributed by atoms with Crippen molar-refractivity contribution in [3.8, 4) is 0 Å². The lowest BCUT2D eigenvalue weighted by molar-refractivity contribution is 0.178. The number of rotatable bonds is 4. The number of nitrogens with one attached hydrogen (secondary N) is 1. The van der Waals surface area contributed by atoms with Crippen molar-refractivity contribution in [1.82, 2.24) is 4.72 Å². The van der Waals surface area contributed by atoms with E-state index in [0.717, 1.165) is 23.6 Å². The van der Waals surface area contributed by atoms with Gasteiger partial charge in [0.25, 0.3) is 10.0 Å². The Hall–Kier alpha value is -2.60. The van der Waals surface area contributed by atoms with Crippen LogP contribution in [-0.4, -0.2) is 21.6 Å². The van der Waals surface area contributed by atoms with Crippen LogP contribution in [0.3, 0.4) is 0 Å². The van der Waals surface area contributed by atoms with Gasteiger partial charge in [0.05, 0.1) is 12.5 Å². The van der Waals surface area contributed by atoms with E-state index in [2.05, 4.69) is 4.74 Å². The van der Waals surface area contributed by atoms with Gasteiger partial charge in [0, 0.05) is 5.57 Å². The van der Waals surface area contributed by atoms with E-state index < -0.39 is 16.1 Å². The Morgan fingerprint density at radius 2 is 1.41 bits per heavy atom. The van der Waals surface area contributed by atoms with Crippen LogP contribution in [0.5, 0.6) is 0 Å². The fourth-order valence-corrected chi connectivity index (χ4v) is 2.84. The second kappa shape index (κ2) is 6.91. The van der Waals surface area contributed by atoms with E-state index in [-0.39, 0.29) is 0 Å². The topological polar surface area (TPSA) is 72.5 Å². The third-order valence-corrected chi connectivity index (χ3v) is 3.85. The lowest BCUT2D eigenvalue weighted by Crippen LogP contribution is -2.28. The van der Waals surface area contributed by atoms with E-state index in [0.29, 0.717) is 5.57 Å². The molecule has 0 unspecified atom stereocenters. The van der Waals surface area contributed by atoms with Crippen LogP contribution >= 0.6 is 0 Å². The average Bonchev–Trinajstić information content (AvgIpc) is 2.54. The van der Waals surface area contributed by atoms with Gasteiger partial charge in [-0.15, -0.1) is 0 Å². The summed E-state index contributed by atoms with van der Waals surface area (Å²) in [7, 11) is -2.87. The smallest absolute Gasteiger partial charge is 0.420 e. The van der Waals surface area contributed by atoms with Crippen LogP contribution in [-0.2, 0) is 14.8 Å². The van der Waals surface area contributed by atoms with Crippen molar-refractivity contribution in [2.75, 3.05) is 7.11 Å². The van der Waals surface area contributed by atoms with Crippen molar-refractivity contribution >= 4 is 21.7 Å². The second-order valence-electron chi connectivity index (χ2n) is 4.40. The second-order valence-corrected chi connectivity index (χ2v) is 5.93. The molecule has 0 heterocycles. The molecule has 0 aliphatic carbocycles. The van der Waals surface area contributed by atoms with Gasteiger partial charge in [0.15, 0.2) is 0 Å². The fraction of sp³-hybridized carbons (Fsp3) is 0.0625. The standard InChI is InChI=1S/C16H15NO4S/c1-21-16(18)17-22(19,20)12-15(13-8-4-2-5-9-13)14-10-6-3-7-11-14/h2-12H,1H3,(H,17,18). The number of methoxy groups -OCH3 is 1. The van der Waals surface area contributed by atoms with Crippen LogP contribution in [0.15, 0.2) is 66.1 Å². The molecule has 2 rings (SSSR count). The van der Waals surface area contributed by atoms with Gasteiger partial charge >= 0.3 is 6.09 Å². The predicted octanol–water partition coefficient (Wildman–Crippen LogP) is 2.76. The molecule has 5 nitrogen and oxygen atoms in total. The van der Waals surface area contributed by atoms with Gasteiger partial charge in [-0.3, -0.25) is 0 Å². The summed E-state index contributed by atoms with van der Waals surface area (Å²) in [6.45, 7) is 0. The minimum Gasteiger partial charge on any atom is -0.452 e. The SMILES string of the molecule is COC(=O)NS(=O)(=O)C=C(c1ccccc1)c1ccccc1. The summed E-state index contributed by atoms with van der Waals surface area (Å²) in [6.07, 6.45) is -1.03. The molecule has 0 saturated heterocycles. The molecule has 1 N–H and O–H groups in total. The first-order valence-corrected chi connectivity index (χ1v) is 8.00. The molecule has 0 bridgehead atoms. The Morgan fingerprint density at radius 3 is 1.82 bits per heavy atom. The number of hydrogen-bond acceptors (Lipinski definition) is 4. The normalized spacial score (nSPS) is 10.6. The molecule has 22 heavy (non-hydrogen) atoms. The van der Waals surface area contributed by atoms with Gasteiger partial charge in [-0.25, -0.2) is 17.9 Å². The van der Waals surface area contributed by atoms with Crippen LogP contribution in [0.4, 0.5) is 4.79 Å². The predicted molar refractivity (Wildman–Crippen MR) is 84.4 cm³/mol. The maximum absolute atomic E-state index is 12.1. The number of benzene rings is 2. The van der Waals surface area contributed by atoms with Crippen molar-refractivity contribution in [2.45, 2.75) is 0 Å². The Bertz CT molecular complexity index is 727. The Kier molecular flexibility index (Phi) is 4.95. The first kappa shape index (κ1) is 15.8. The molecule has 0 fully saturated rings. The summed E-state index contributed by atoms with van der Waals surface area (Å²) in [5, 5.41) is 1.02. The summed E-state index contributed by atoms with van der Waals surface area (Å²) < 4.78 is 30.3. The summed E-state index contributed by atoms with van der Waals surface area (Å²) >= 11 is 0. The molecule has 0 aliphatic heterocycles. The number of carbonyl (C=O) groups is 1. The van der Waals surface area contributed by atoms with Crippen LogP contribution < -0.4 is 4.72 Å². The lowest BCUT2D eigenvalue weighted by Gasteiger charge is -2.09. The maximum Gasteiger partial charge on any atom is 0.420 e. The highest BCUT2D eigenvalue weighted by Crippen LogP contribution is 2.24. The van der Waals surface area contributed by atoms with Gasteiger partial charge in [0.2, 0.25) is 0 Å². The van der Waals surface area contributed by atoms with Gasteiger partial charge in [0.1, 0.15) is 0 Å². The minimum absolute atomic E-state index is 0.484. The van der Waals surface area contributed by atoms with Gasteiger partial charge in [-0.2, -0.15) is 0 Å². The lowest BCUT2D eigenvalue weighted by atomic mass is 10.00. The summed E-state index contributed by atoms with van der Waals surface area (Å²) in [5.41, 5.74) is 1.94. The van der Waals surface area contributed by atoms with Crippen LogP contribution in [0, 0.1) is 0 Å². The molecule has 0 aliphatic rings. The van der Waals surface area contributed by atoms with E-state index in [9.17, 15) is 13.2 Å². The highest BCUT2D eigenvalue weighted by Gasteiger charge is 2.15.